The van der Waals surface area contributed by atoms with Crippen LogP contribution in [-0.2, 0) is 6.54 Å². The number of halogens is 2. The Balaban J connectivity index is 2.37. The summed E-state index contributed by atoms with van der Waals surface area (Å²) in [5, 5.41) is 4.67. The van der Waals surface area contributed by atoms with Gasteiger partial charge in [0.15, 0.2) is 0 Å². The molecule has 0 unspecified atom stereocenters. The first kappa shape index (κ1) is 15.2. The zero-order valence-electron chi connectivity index (χ0n) is 11.5. The lowest BCUT2D eigenvalue weighted by molar-refractivity contribution is 0.415. The van der Waals surface area contributed by atoms with E-state index in [0.717, 1.165) is 34.8 Å². The van der Waals surface area contributed by atoms with Gasteiger partial charge in [-0.3, -0.25) is 0 Å². The van der Waals surface area contributed by atoms with Gasteiger partial charge >= 0.3 is 0 Å². The average molecular weight is 310 g/mol. The van der Waals surface area contributed by atoms with Gasteiger partial charge in [0, 0.05) is 11.6 Å². The maximum Gasteiger partial charge on any atom is 0.138 e. The largest absolute Gasteiger partial charge is 0.495 e. The number of hydrogen-bond acceptors (Lipinski definition) is 2. The number of nitrogens with one attached hydrogen (secondary N) is 1. The summed E-state index contributed by atoms with van der Waals surface area (Å²) in [6, 6.07) is 11.8. The molecule has 0 radical (unpaired) electrons. The molecule has 0 amide bonds. The van der Waals surface area contributed by atoms with Gasteiger partial charge in [-0.1, -0.05) is 42.3 Å². The highest BCUT2D eigenvalue weighted by Gasteiger charge is 2.07. The maximum atomic E-state index is 6.22. The number of benzene rings is 2. The van der Waals surface area contributed by atoms with E-state index in [0.29, 0.717) is 10.8 Å². The third-order valence-electron chi connectivity index (χ3n) is 3.10. The predicted molar refractivity (Wildman–Crippen MR) is 85.8 cm³/mol. The van der Waals surface area contributed by atoms with E-state index < -0.39 is 0 Å². The van der Waals surface area contributed by atoms with Gasteiger partial charge < -0.3 is 10.1 Å². The zero-order chi connectivity index (χ0) is 14.5. The molecule has 2 aromatic carbocycles. The van der Waals surface area contributed by atoms with E-state index in [-0.39, 0.29) is 0 Å². The molecule has 0 aliphatic rings. The molecular weight excluding hydrogens is 293 g/mol. The van der Waals surface area contributed by atoms with Gasteiger partial charge in [0.1, 0.15) is 5.75 Å². The monoisotopic (exact) mass is 309 g/mol. The molecule has 0 fully saturated rings. The minimum atomic E-state index is 0.609. The van der Waals surface area contributed by atoms with Gasteiger partial charge in [0.25, 0.3) is 0 Å². The Hall–Kier alpha value is -1.22. The van der Waals surface area contributed by atoms with Crippen LogP contribution < -0.4 is 10.1 Å². The van der Waals surface area contributed by atoms with Crippen molar-refractivity contribution >= 4 is 23.2 Å². The number of ether oxygens (including phenoxy) is 1. The van der Waals surface area contributed by atoms with E-state index in [1.807, 2.05) is 30.3 Å². The standard InChI is InChI=1S/C16H17Cl2NO/c1-3-19-10-13-8-11(4-6-14(13)17)12-5-7-15(18)16(9-12)20-2/h4-9,19H,3,10H2,1-2H3. The molecule has 2 nitrogen and oxygen atoms in total. The summed E-state index contributed by atoms with van der Waals surface area (Å²) in [5.41, 5.74) is 3.23. The second kappa shape index (κ2) is 6.98. The third-order valence-corrected chi connectivity index (χ3v) is 3.78. The van der Waals surface area contributed by atoms with Crippen LogP contribution in [0.25, 0.3) is 11.1 Å². The summed E-state index contributed by atoms with van der Waals surface area (Å²) >= 11 is 12.3. The molecule has 20 heavy (non-hydrogen) atoms. The fraction of sp³-hybridized carbons (Fsp3) is 0.250. The smallest absolute Gasteiger partial charge is 0.138 e. The molecule has 0 saturated carbocycles. The first-order chi connectivity index (χ1) is 9.65. The van der Waals surface area contributed by atoms with Crippen LogP contribution in [0.3, 0.4) is 0 Å². The van der Waals surface area contributed by atoms with Crippen LogP contribution in [0.2, 0.25) is 10.0 Å². The molecule has 0 aliphatic carbocycles. The molecular formula is C16H17Cl2NO. The van der Waals surface area contributed by atoms with E-state index in [9.17, 15) is 0 Å². The van der Waals surface area contributed by atoms with E-state index in [2.05, 4.69) is 18.3 Å². The average Bonchev–Trinajstić information content (AvgIpc) is 2.47. The molecule has 0 heterocycles. The molecule has 2 rings (SSSR count). The normalized spacial score (nSPS) is 10.6. The number of hydrogen-bond donors (Lipinski definition) is 1. The second-order valence-corrected chi connectivity index (χ2v) is 5.25. The van der Waals surface area contributed by atoms with Crippen LogP contribution in [0.1, 0.15) is 12.5 Å². The van der Waals surface area contributed by atoms with E-state index in [1.54, 1.807) is 7.11 Å². The molecule has 4 heteroatoms. The SMILES string of the molecule is CCNCc1cc(-c2ccc(Cl)c(OC)c2)ccc1Cl. The van der Waals surface area contributed by atoms with Gasteiger partial charge in [-0.2, -0.15) is 0 Å². The van der Waals surface area contributed by atoms with Gasteiger partial charge in [0.2, 0.25) is 0 Å². The Kier molecular flexibility index (Phi) is 5.30. The summed E-state index contributed by atoms with van der Waals surface area (Å²) in [6.45, 7) is 3.74. The highest BCUT2D eigenvalue weighted by Crippen LogP contribution is 2.32. The number of methoxy groups -OCH3 is 1. The fourth-order valence-electron chi connectivity index (χ4n) is 1.99. The van der Waals surface area contributed by atoms with Crippen molar-refractivity contribution in [1.82, 2.24) is 5.32 Å². The lowest BCUT2D eigenvalue weighted by Crippen LogP contribution is -2.12. The topological polar surface area (TPSA) is 21.3 Å². The Labute approximate surface area is 129 Å². The first-order valence-electron chi connectivity index (χ1n) is 6.48. The second-order valence-electron chi connectivity index (χ2n) is 4.44. The summed E-state index contributed by atoms with van der Waals surface area (Å²) in [6.07, 6.45) is 0. The summed E-state index contributed by atoms with van der Waals surface area (Å²) in [7, 11) is 1.61. The lowest BCUT2D eigenvalue weighted by atomic mass is 10.0. The van der Waals surface area contributed by atoms with Gasteiger partial charge in [-0.25, -0.2) is 0 Å². The van der Waals surface area contributed by atoms with Crippen molar-refractivity contribution in [2.45, 2.75) is 13.5 Å². The van der Waals surface area contributed by atoms with Crippen molar-refractivity contribution in [2.24, 2.45) is 0 Å². The molecule has 106 valence electrons. The Morgan fingerprint density at radius 3 is 2.30 bits per heavy atom. The summed E-state index contributed by atoms with van der Waals surface area (Å²) in [4.78, 5) is 0. The molecule has 1 N–H and O–H groups in total. The van der Waals surface area contributed by atoms with Crippen molar-refractivity contribution in [3.63, 3.8) is 0 Å². The first-order valence-corrected chi connectivity index (χ1v) is 7.24. The highest BCUT2D eigenvalue weighted by molar-refractivity contribution is 6.32. The van der Waals surface area contributed by atoms with Crippen molar-refractivity contribution in [1.29, 1.82) is 0 Å². The summed E-state index contributed by atoms with van der Waals surface area (Å²) in [5.74, 6) is 0.673. The molecule has 0 atom stereocenters. The maximum absolute atomic E-state index is 6.22. The fourth-order valence-corrected chi connectivity index (χ4v) is 2.37. The Morgan fingerprint density at radius 2 is 1.65 bits per heavy atom. The van der Waals surface area contributed by atoms with Crippen molar-refractivity contribution < 1.29 is 4.74 Å². The van der Waals surface area contributed by atoms with Crippen LogP contribution in [0, 0.1) is 0 Å². The van der Waals surface area contributed by atoms with Gasteiger partial charge in [0.05, 0.1) is 12.1 Å². The molecule has 0 saturated heterocycles. The number of rotatable bonds is 5. The quantitative estimate of drug-likeness (QED) is 0.858. The van der Waals surface area contributed by atoms with Crippen LogP contribution in [-0.4, -0.2) is 13.7 Å². The van der Waals surface area contributed by atoms with Crippen LogP contribution in [0.15, 0.2) is 36.4 Å². The van der Waals surface area contributed by atoms with Crippen molar-refractivity contribution in [2.75, 3.05) is 13.7 Å². The van der Waals surface area contributed by atoms with E-state index in [4.69, 9.17) is 27.9 Å². The molecule has 0 aliphatic heterocycles. The lowest BCUT2D eigenvalue weighted by Gasteiger charge is -2.10. The van der Waals surface area contributed by atoms with Crippen LogP contribution in [0.4, 0.5) is 0 Å². The zero-order valence-corrected chi connectivity index (χ0v) is 13.1. The minimum absolute atomic E-state index is 0.609. The van der Waals surface area contributed by atoms with Crippen LogP contribution >= 0.6 is 23.2 Å². The molecule has 2 aromatic rings. The van der Waals surface area contributed by atoms with E-state index in [1.165, 1.54) is 0 Å². The highest BCUT2D eigenvalue weighted by atomic mass is 35.5. The van der Waals surface area contributed by atoms with Crippen LogP contribution in [0.5, 0.6) is 5.75 Å². The molecule has 0 aromatic heterocycles. The van der Waals surface area contributed by atoms with Gasteiger partial charge in [-0.15, -0.1) is 0 Å². The third kappa shape index (κ3) is 3.45. The Morgan fingerprint density at radius 1 is 1.00 bits per heavy atom. The Bertz CT molecular complexity index is 599. The molecule has 0 spiro atoms. The molecule has 0 bridgehead atoms. The van der Waals surface area contributed by atoms with E-state index >= 15 is 0 Å². The summed E-state index contributed by atoms with van der Waals surface area (Å²) < 4.78 is 5.26. The van der Waals surface area contributed by atoms with Crippen molar-refractivity contribution in [3.05, 3.63) is 52.0 Å². The minimum Gasteiger partial charge on any atom is -0.495 e. The van der Waals surface area contributed by atoms with Crippen molar-refractivity contribution in [3.8, 4) is 16.9 Å². The van der Waals surface area contributed by atoms with Gasteiger partial charge in [-0.05, 0) is 47.5 Å². The predicted octanol–water partition coefficient (Wildman–Crippen LogP) is 4.78.